The number of rotatable bonds is 6. The molecule has 0 atom stereocenters. The molecule has 9 heteroatoms. The van der Waals surface area contributed by atoms with Crippen LogP contribution in [-0.2, 0) is 17.1 Å². The molecule has 0 radical (unpaired) electrons. The number of thioether (sulfide) groups is 1. The zero-order chi connectivity index (χ0) is 21.1. The van der Waals surface area contributed by atoms with Crippen molar-refractivity contribution < 1.29 is 14.1 Å². The fourth-order valence-electron chi connectivity index (χ4n) is 2.90. The zero-order valence-corrected chi connectivity index (χ0v) is 17.2. The van der Waals surface area contributed by atoms with E-state index in [-0.39, 0.29) is 12.2 Å². The van der Waals surface area contributed by atoms with Crippen molar-refractivity contribution in [2.75, 3.05) is 0 Å². The van der Waals surface area contributed by atoms with Gasteiger partial charge in [-0.05, 0) is 38.1 Å². The van der Waals surface area contributed by atoms with Crippen molar-refractivity contribution in [1.82, 2.24) is 19.5 Å². The molecule has 0 saturated heterocycles. The van der Waals surface area contributed by atoms with Gasteiger partial charge >= 0.3 is 5.97 Å². The molecule has 4 rings (SSSR count). The van der Waals surface area contributed by atoms with E-state index in [1.807, 2.05) is 13.8 Å². The van der Waals surface area contributed by atoms with Crippen LogP contribution in [0.15, 0.2) is 63.1 Å². The Bertz CT molecular complexity index is 1260. The SMILES string of the molecule is Cc1noc(C)c1CSc1ncccc1C(=O)OCc1cc(=O)n2ccccc2n1. The largest absolute Gasteiger partial charge is 0.456 e. The smallest absolute Gasteiger partial charge is 0.341 e. The first-order valence-corrected chi connectivity index (χ1v) is 10.2. The minimum Gasteiger partial charge on any atom is -0.456 e. The number of fused-ring (bicyclic) bond motifs is 1. The first-order valence-electron chi connectivity index (χ1n) is 9.17. The summed E-state index contributed by atoms with van der Waals surface area (Å²) >= 11 is 1.41. The summed E-state index contributed by atoms with van der Waals surface area (Å²) in [4.78, 5) is 33.5. The summed E-state index contributed by atoms with van der Waals surface area (Å²) in [6, 6.07) is 9.95. The number of aryl methyl sites for hydroxylation is 2. The lowest BCUT2D eigenvalue weighted by Gasteiger charge is -2.09. The standard InChI is InChI=1S/C21H18N4O4S/c1-13-17(14(2)29-24-13)12-30-20-16(6-5-8-22-20)21(27)28-11-15-10-19(26)25-9-4-3-7-18(25)23-15/h3-10H,11-12H2,1-2H3. The Morgan fingerprint density at radius 2 is 2.10 bits per heavy atom. The van der Waals surface area contributed by atoms with E-state index < -0.39 is 5.97 Å². The van der Waals surface area contributed by atoms with E-state index >= 15 is 0 Å². The van der Waals surface area contributed by atoms with Crippen molar-refractivity contribution in [3.05, 3.63) is 87.4 Å². The molecule has 0 fully saturated rings. The van der Waals surface area contributed by atoms with Crippen LogP contribution in [0.1, 0.15) is 33.1 Å². The summed E-state index contributed by atoms with van der Waals surface area (Å²) in [5.41, 5.74) is 2.79. The number of ether oxygens (including phenoxy) is 1. The molecular formula is C21H18N4O4S. The number of hydrogen-bond donors (Lipinski definition) is 0. The van der Waals surface area contributed by atoms with Gasteiger partial charge in [0.05, 0.1) is 17.0 Å². The second kappa shape index (κ2) is 8.50. The topological polar surface area (TPSA) is 99.6 Å². The molecule has 0 saturated carbocycles. The molecule has 0 aromatic carbocycles. The average Bonchev–Trinajstić information content (AvgIpc) is 3.08. The molecule has 0 bridgehead atoms. The zero-order valence-electron chi connectivity index (χ0n) is 16.4. The van der Waals surface area contributed by atoms with Gasteiger partial charge in [-0.15, -0.1) is 11.8 Å². The summed E-state index contributed by atoms with van der Waals surface area (Å²) in [5, 5.41) is 4.49. The van der Waals surface area contributed by atoms with Gasteiger partial charge in [0.25, 0.3) is 5.56 Å². The fraction of sp³-hybridized carbons (Fsp3) is 0.190. The second-order valence-electron chi connectivity index (χ2n) is 6.54. The van der Waals surface area contributed by atoms with Crippen LogP contribution in [0.5, 0.6) is 0 Å². The van der Waals surface area contributed by atoms with Crippen molar-refractivity contribution in [3.63, 3.8) is 0 Å². The molecule has 4 heterocycles. The molecule has 0 aliphatic rings. The quantitative estimate of drug-likeness (QED) is 0.345. The first kappa shape index (κ1) is 19.8. The molecule has 0 spiro atoms. The highest BCUT2D eigenvalue weighted by Gasteiger charge is 2.17. The summed E-state index contributed by atoms with van der Waals surface area (Å²) in [5.74, 6) is 0.787. The van der Waals surface area contributed by atoms with Crippen molar-refractivity contribution >= 4 is 23.4 Å². The maximum atomic E-state index is 12.7. The lowest BCUT2D eigenvalue weighted by atomic mass is 10.2. The Kier molecular flexibility index (Phi) is 5.62. The van der Waals surface area contributed by atoms with E-state index in [4.69, 9.17) is 9.26 Å². The molecule has 30 heavy (non-hydrogen) atoms. The number of carbonyl (C=O) groups excluding carboxylic acids is 1. The van der Waals surface area contributed by atoms with E-state index in [0.717, 1.165) is 17.0 Å². The van der Waals surface area contributed by atoms with Crippen molar-refractivity contribution in [1.29, 1.82) is 0 Å². The van der Waals surface area contributed by atoms with Gasteiger partial charge in [-0.2, -0.15) is 0 Å². The summed E-state index contributed by atoms with van der Waals surface area (Å²) in [6.07, 6.45) is 3.26. The molecule has 8 nitrogen and oxygen atoms in total. The fourth-order valence-corrected chi connectivity index (χ4v) is 4.04. The Morgan fingerprint density at radius 3 is 2.90 bits per heavy atom. The Morgan fingerprint density at radius 1 is 1.23 bits per heavy atom. The number of nitrogens with zero attached hydrogens (tertiary/aromatic N) is 4. The van der Waals surface area contributed by atoms with Gasteiger partial charge < -0.3 is 9.26 Å². The van der Waals surface area contributed by atoms with Gasteiger partial charge in [0.15, 0.2) is 0 Å². The lowest BCUT2D eigenvalue weighted by Crippen LogP contribution is -2.16. The molecule has 152 valence electrons. The van der Waals surface area contributed by atoms with Gasteiger partial charge in [-0.1, -0.05) is 11.2 Å². The summed E-state index contributed by atoms with van der Waals surface area (Å²) in [7, 11) is 0. The maximum Gasteiger partial charge on any atom is 0.341 e. The van der Waals surface area contributed by atoms with Crippen molar-refractivity contribution in [2.24, 2.45) is 0 Å². The van der Waals surface area contributed by atoms with Gasteiger partial charge in [0.2, 0.25) is 0 Å². The summed E-state index contributed by atoms with van der Waals surface area (Å²) in [6.45, 7) is 3.62. The summed E-state index contributed by atoms with van der Waals surface area (Å²) < 4.78 is 12.0. The first-order chi connectivity index (χ1) is 14.5. The maximum absolute atomic E-state index is 12.7. The van der Waals surface area contributed by atoms with Crippen molar-refractivity contribution in [3.8, 4) is 0 Å². The van der Waals surface area contributed by atoms with Gasteiger partial charge in [0.1, 0.15) is 23.0 Å². The number of pyridine rings is 2. The highest BCUT2D eigenvalue weighted by atomic mass is 32.2. The van der Waals surface area contributed by atoms with E-state index in [9.17, 15) is 9.59 Å². The highest BCUT2D eigenvalue weighted by molar-refractivity contribution is 7.98. The number of hydrogen-bond acceptors (Lipinski definition) is 8. The highest BCUT2D eigenvalue weighted by Crippen LogP contribution is 2.27. The van der Waals surface area contributed by atoms with Crippen LogP contribution < -0.4 is 5.56 Å². The van der Waals surface area contributed by atoms with Crippen molar-refractivity contribution in [2.45, 2.75) is 31.2 Å². The molecular weight excluding hydrogens is 404 g/mol. The Labute approximate surface area is 175 Å². The van der Waals surface area contributed by atoms with E-state index in [0.29, 0.717) is 27.7 Å². The minimum absolute atomic E-state index is 0.109. The van der Waals surface area contributed by atoms with Crippen LogP contribution in [0.4, 0.5) is 0 Å². The molecule has 4 aromatic heterocycles. The molecule has 4 aromatic rings. The Hall–Kier alpha value is -3.46. The minimum atomic E-state index is -0.528. The van der Waals surface area contributed by atoms with Crippen LogP contribution in [0.2, 0.25) is 0 Å². The van der Waals surface area contributed by atoms with E-state index in [1.165, 1.54) is 22.2 Å². The lowest BCUT2D eigenvalue weighted by molar-refractivity contribution is 0.0462. The molecule has 0 N–H and O–H groups in total. The van der Waals surface area contributed by atoms with E-state index in [2.05, 4.69) is 15.1 Å². The second-order valence-corrected chi connectivity index (χ2v) is 7.50. The molecule has 0 aliphatic heterocycles. The third-order valence-electron chi connectivity index (χ3n) is 4.50. The average molecular weight is 422 g/mol. The predicted molar refractivity (Wildman–Crippen MR) is 110 cm³/mol. The van der Waals surface area contributed by atoms with E-state index in [1.54, 1.807) is 42.7 Å². The number of aromatic nitrogens is 4. The normalized spacial score (nSPS) is 11.0. The number of esters is 1. The third kappa shape index (κ3) is 4.11. The van der Waals surface area contributed by atoms with Gasteiger partial charge in [-0.25, -0.2) is 14.8 Å². The third-order valence-corrected chi connectivity index (χ3v) is 5.53. The molecule has 0 unspecified atom stereocenters. The van der Waals surface area contributed by atoms with Crippen LogP contribution >= 0.6 is 11.8 Å². The monoisotopic (exact) mass is 422 g/mol. The van der Waals surface area contributed by atoms with Crippen LogP contribution in [-0.4, -0.2) is 25.5 Å². The van der Waals surface area contributed by atoms with Crippen LogP contribution in [0.3, 0.4) is 0 Å². The molecule has 0 amide bonds. The van der Waals surface area contributed by atoms with Gasteiger partial charge in [0, 0.05) is 29.8 Å². The predicted octanol–water partition coefficient (Wildman–Crippen LogP) is 3.34. The number of carbonyl (C=O) groups is 1. The van der Waals surface area contributed by atoms with Crippen LogP contribution in [0, 0.1) is 13.8 Å². The van der Waals surface area contributed by atoms with Crippen LogP contribution in [0.25, 0.3) is 5.65 Å². The Balaban J connectivity index is 1.48. The van der Waals surface area contributed by atoms with Gasteiger partial charge in [-0.3, -0.25) is 9.20 Å². The molecule has 0 aliphatic carbocycles.